The number of nitrogens with zero attached hydrogens (tertiary/aromatic N) is 3. The molecule has 0 fully saturated rings. The molecule has 4 nitrogen and oxygen atoms in total. The predicted molar refractivity (Wildman–Crippen MR) is 105 cm³/mol. The highest BCUT2D eigenvalue weighted by atomic mass is 127. The summed E-state index contributed by atoms with van der Waals surface area (Å²) in [6.07, 6.45) is 1.90. The lowest BCUT2D eigenvalue weighted by Gasteiger charge is -2.22. The van der Waals surface area contributed by atoms with Gasteiger partial charge in [-0.2, -0.15) is 0 Å². The van der Waals surface area contributed by atoms with Crippen LogP contribution in [0.2, 0.25) is 5.02 Å². The number of aromatic nitrogens is 1. The Balaban J connectivity index is 0.00000242. The minimum absolute atomic E-state index is 0. The largest absolute Gasteiger partial charge is 0.351 e. The number of aryl methyl sites for hydroxylation is 1. The number of halogens is 2. The standard InChI is InChI=1S/C15H19ClN4S.HI/c1-11-18-8-13(21-11)9-19-15(17-2)20(3)10-12-6-4-5-7-14(12)16;/h4-8H,9-10H2,1-3H3,(H,17,19);1H. The van der Waals surface area contributed by atoms with Crippen molar-refractivity contribution in [2.24, 2.45) is 4.99 Å². The molecule has 0 aliphatic carbocycles. The van der Waals surface area contributed by atoms with E-state index in [4.69, 9.17) is 11.6 Å². The fraction of sp³-hybridized carbons (Fsp3) is 0.333. The number of nitrogens with one attached hydrogen (secondary N) is 1. The Morgan fingerprint density at radius 3 is 2.73 bits per heavy atom. The number of hydrogen-bond acceptors (Lipinski definition) is 3. The molecular formula is C15H20ClIN4S. The molecular weight excluding hydrogens is 431 g/mol. The number of rotatable bonds is 4. The van der Waals surface area contributed by atoms with Crippen LogP contribution < -0.4 is 5.32 Å². The molecule has 1 heterocycles. The van der Waals surface area contributed by atoms with E-state index < -0.39 is 0 Å². The van der Waals surface area contributed by atoms with Crippen molar-refractivity contribution in [3.8, 4) is 0 Å². The summed E-state index contributed by atoms with van der Waals surface area (Å²) in [4.78, 5) is 11.8. The lowest BCUT2D eigenvalue weighted by molar-refractivity contribution is 0.477. The quantitative estimate of drug-likeness (QED) is 0.436. The number of thiazole rings is 1. The van der Waals surface area contributed by atoms with E-state index in [0.29, 0.717) is 6.54 Å². The number of hydrogen-bond donors (Lipinski definition) is 1. The zero-order chi connectivity index (χ0) is 15.2. The molecule has 0 atom stereocenters. The summed E-state index contributed by atoms with van der Waals surface area (Å²) in [5.74, 6) is 0.834. The molecule has 1 N–H and O–H groups in total. The van der Waals surface area contributed by atoms with E-state index in [1.807, 2.05) is 44.4 Å². The maximum absolute atomic E-state index is 6.20. The molecule has 0 aliphatic heterocycles. The minimum atomic E-state index is 0. The Morgan fingerprint density at radius 2 is 2.14 bits per heavy atom. The van der Waals surface area contributed by atoms with Crippen molar-refractivity contribution in [3.05, 3.63) is 50.9 Å². The zero-order valence-corrected chi connectivity index (χ0v) is 16.7. The first-order chi connectivity index (χ1) is 10.1. The second kappa shape index (κ2) is 9.32. The highest BCUT2D eigenvalue weighted by Gasteiger charge is 2.09. The van der Waals surface area contributed by atoms with E-state index in [0.717, 1.165) is 28.1 Å². The smallest absolute Gasteiger partial charge is 0.193 e. The van der Waals surface area contributed by atoms with Crippen LogP contribution >= 0.6 is 46.9 Å². The van der Waals surface area contributed by atoms with Gasteiger partial charge in [0.25, 0.3) is 0 Å². The average molecular weight is 451 g/mol. The average Bonchev–Trinajstić information content (AvgIpc) is 2.88. The van der Waals surface area contributed by atoms with Gasteiger partial charge in [-0.05, 0) is 18.6 Å². The topological polar surface area (TPSA) is 40.5 Å². The fourth-order valence-electron chi connectivity index (χ4n) is 1.99. The lowest BCUT2D eigenvalue weighted by atomic mass is 10.2. The molecule has 120 valence electrons. The van der Waals surface area contributed by atoms with Crippen molar-refractivity contribution in [3.63, 3.8) is 0 Å². The molecule has 0 bridgehead atoms. The van der Waals surface area contributed by atoms with Crippen LogP contribution in [0.15, 0.2) is 35.5 Å². The van der Waals surface area contributed by atoms with Gasteiger partial charge in [-0.25, -0.2) is 4.98 Å². The van der Waals surface area contributed by atoms with Crippen LogP contribution in [0.5, 0.6) is 0 Å². The summed E-state index contributed by atoms with van der Waals surface area (Å²) in [7, 11) is 3.78. The van der Waals surface area contributed by atoms with Gasteiger partial charge in [-0.15, -0.1) is 35.3 Å². The van der Waals surface area contributed by atoms with E-state index >= 15 is 0 Å². The normalized spacial score (nSPS) is 11.0. The van der Waals surface area contributed by atoms with Crippen molar-refractivity contribution in [1.29, 1.82) is 0 Å². The van der Waals surface area contributed by atoms with Crippen molar-refractivity contribution in [2.75, 3.05) is 14.1 Å². The molecule has 1 aromatic heterocycles. The molecule has 1 aromatic carbocycles. The monoisotopic (exact) mass is 450 g/mol. The summed E-state index contributed by atoms with van der Waals surface area (Å²) < 4.78 is 0. The Kier molecular flexibility index (Phi) is 8.13. The van der Waals surface area contributed by atoms with Crippen molar-refractivity contribution >= 4 is 52.9 Å². The fourth-order valence-corrected chi connectivity index (χ4v) is 2.93. The molecule has 0 saturated carbocycles. The summed E-state index contributed by atoms with van der Waals surface area (Å²) in [6.45, 7) is 3.44. The van der Waals surface area contributed by atoms with E-state index in [2.05, 4.69) is 20.2 Å². The van der Waals surface area contributed by atoms with Gasteiger partial charge >= 0.3 is 0 Å². The number of benzene rings is 1. The molecule has 22 heavy (non-hydrogen) atoms. The van der Waals surface area contributed by atoms with Gasteiger partial charge in [0.1, 0.15) is 0 Å². The van der Waals surface area contributed by atoms with Gasteiger partial charge in [0.05, 0.1) is 11.6 Å². The van der Waals surface area contributed by atoms with E-state index in [9.17, 15) is 0 Å². The number of aliphatic imine (C=N–C) groups is 1. The van der Waals surface area contributed by atoms with Gasteiger partial charge in [-0.3, -0.25) is 4.99 Å². The first-order valence-corrected chi connectivity index (χ1v) is 7.86. The molecule has 2 rings (SSSR count). The molecule has 7 heteroatoms. The second-order valence-electron chi connectivity index (χ2n) is 4.69. The third-order valence-corrected chi connectivity index (χ3v) is 4.31. The highest BCUT2D eigenvalue weighted by Crippen LogP contribution is 2.16. The molecule has 0 saturated heterocycles. The second-order valence-corrected chi connectivity index (χ2v) is 6.42. The van der Waals surface area contributed by atoms with E-state index in [1.54, 1.807) is 18.4 Å². The Bertz CT molecular complexity index is 630. The maximum Gasteiger partial charge on any atom is 0.193 e. The Morgan fingerprint density at radius 1 is 1.41 bits per heavy atom. The van der Waals surface area contributed by atoms with Crippen molar-refractivity contribution < 1.29 is 0 Å². The van der Waals surface area contributed by atoms with Crippen LogP contribution in [0.4, 0.5) is 0 Å². The van der Waals surface area contributed by atoms with Gasteiger partial charge in [0, 0.05) is 36.7 Å². The number of guanidine groups is 1. The van der Waals surface area contributed by atoms with Crippen LogP contribution in [0, 0.1) is 6.92 Å². The first-order valence-electron chi connectivity index (χ1n) is 6.66. The molecule has 0 aliphatic rings. The third-order valence-electron chi connectivity index (χ3n) is 3.03. The van der Waals surface area contributed by atoms with Crippen LogP contribution in [-0.2, 0) is 13.1 Å². The van der Waals surface area contributed by atoms with Gasteiger partial charge < -0.3 is 10.2 Å². The van der Waals surface area contributed by atoms with E-state index in [1.165, 1.54) is 4.88 Å². The van der Waals surface area contributed by atoms with Crippen LogP contribution in [0.1, 0.15) is 15.4 Å². The molecule has 0 amide bonds. The van der Waals surface area contributed by atoms with Crippen molar-refractivity contribution in [2.45, 2.75) is 20.0 Å². The highest BCUT2D eigenvalue weighted by molar-refractivity contribution is 14.0. The summed E-state index contributed by atoms with van der Waals surface area (Å²) >= 11 is 7.89. The molecule has 2 aromatic rings. The van der Waals surface area contributed by atoms with Gasteiger partial charge in [-0.1, -0.05) is 29.8 Å². The first kappa shape index (κ1) is 19.2. The zero-order valence-electron chi connectivity index (χ0n) is 12.8. The van der Waals surface area contributed by atoms with Crippen LogP contribution in [-0.4, -0.2) is 29.9 Å². The van der Waals surface area contributed by atoms with Crippen LogP contribution in [0.3, 0.4) is 0 Å². The third kappa shape index (κ3) is 5.40. The van der Waals surface area contributed by atoms with E-state index in [-0.39, 0.29) is 24.0 Å². The summed E-state index contributed by atoms with van der Waals surface area (Å²) in [5, 5.41) is 5.19. The SMILES string of the molecule is CN=C(NCc1cnc(C)s1)N(C)Cc1ccccc1Cl.I. The maximum atomic E-state index is 6.20. The summed E-state index contributed by atoms with van der Waals surface area (Å²) in [6, 6.07) is 7.86. The lowest BCUT2D eigenvalue weighted by Crippen LogP contribution is -2.37. The van der Waals surface area contributed by atoms with Crippen molar-refractivity contribution in [1.82, 2.24) is 15.2 Å². The minimum Gasteiger partial charge on any atom is -0.351 e. The molecule has 0 radical (unpaired) electrons. The molecule has 0 spiro atoms. The Hall–Kier alpha value is -0.860. The van der Waals surface area contributed by atoms with Crippen LogP contribution in [0.25, 0.3) is 0 Å². The van der Waals surface area contributed by atoms with Gasteiger partial charge in [0.15, 0.2) is 5.96 Å². The molecule has 0 unspecified atom stereocenters. The Labute approximate surface area is 157 Å². The van der Waals surface area contributed by atoms with Gasteiger partial charge in [0.2, 0.25) is 0 Å². The summed E-state index contributed by atoms with van der Waals surface area (Å²) in [5.41, 5.74) is 1.08. The predicted octanol–water partition coefficient (Wildman–Crippen LogP) is 3.93.